The Hall–Kier alpha value is -2.62. The van der Waals surface area contributed by atoms with Gasteiger partial charge in [-0.05, 0) is 35.1 Å². The van der Waals surface area contributed by atoms with Crippen LogP contribution in [-0.4, -0.2) is 22.2 Å². The highest BCUT2D eigenvalue weighted by atomic mass is 16.4. The summed E-state index contributed by atoms with van der Waals surface area (Å²) in [5.74, 6) is -2.47. The van der Waals surface area contributed by atoms with Crippen molar-refractivity contribution in [3.05, 3.63) is 70.8 Å². The summed E-state index contributed by atoms with van der Waals surface area (Å²) in [7, 11) is 0. The highest BCUT2D eigenvalue weighted by molar-refractivity contribution is 5.95. The van der Waals surface area contributed by atoms with Crippen LogP contribution in [0.5, 0.6) is 0 Å². The van der Waals surface area contributed by atoms with Crippen molar-refractivity contribution in [2.45, 2.75) is 24.7 Å². The minimum absolute atomic E-state index is 0.258. The number of aliphatic carboxylic acids is 2. The fraction of sp³-hybridized carbons (Fsp3) is 0.300. The first kappa shape index (κ1) is 13.8. The van der Waals surface area contributed by atoms with E-state index in [1.165, 1.54) is 0 Å². The predicted molar refractivity (Wildman–Crippen MR) is 85.9 cm³/mol. The van der Waals surface area contributed by atoms with Crippen LogP contribution < -0.4 is 0 Å². The molecule has 0 saturated heterocycles. The normalized spacial score (nSPS) is 34.5. The molecule has 0 spiro atoms. The lowest BCUT2D eigenvalue weighted by Gasteiger charge is -2.60. The van der Waals surface area contributed by atoms with Crippen molar-refractivity contribution in [2.24, 2.45) is 10.8 Å². The van der Waals surface area contributed by atoms with Gasteiger partial charge in [-0.2, -0.15) is 0 Å². The van der Waals surface area contributed by atoms with Gasteiger partial charge in [-0.3, -0.25) is 9.59 Å². The first-order valence-corrected chi connectivity index (χ1v) is 8.16. The zero-order chi connectivity index (χ0) is 16.7. The zero-order valence-corrected chi connectivity index (χ0v) is 12.9. The standard InChI is InChI=1S/C20H16O4/c21-17(22)19-9-11-5-1-3-7-13(11)15(19)16-14-8-4-2-6-12(14)10-20(16,19)18(23)24/h1-8,15-16H,9-10H2,(H,21,22)(H,23,24)/t15?,16?,19-,20-/m1/s1. The van der Waals surface area contributed by atoms with Gasteiger partial charge in [0.05, 0.1) is 10.8 Å². The molecule has 3 aliphatic rings. The molecule has 0 aromatic heterocycles. The van der Waals surface area contributed by atoms with Gasteiger partial charge in [0.1, 0.15) is 0 Å². The van der Waals surface area contributed by atoms with Gasteiger partial charge in [-0.25, -0.2) is 0 Å². The van der Waals surface area contributed by atoms with E-state index in [0.717, 1.165) is 22.3 Å². The Bertz CT molecular complexity index is 842. The largest absolute Gasteiger partial charge is 0.481 e. The number of carboxylic acid groups (broad SMARTS) is 2. The summed E-state index contributed by atoms with van der Waals surface area (Å²) in [6, 6.07) is 15.4. The fourth-order valence-corrected chi connectivity index (χ4v) is 5.85. The maximum Gasteiger partial charge on any atom is 0.311 e. The van der Waals surface area contributed by atoms with Crippen molar-refractivity contribution in [2.75, 3.05) is 0 Å². The SMILES string of the molecule is O=C(O)[C@@]12Cc3ccccc3C1C1c3ccccc3C[C@]12C(=O)O. The Morgan fingerprint density at radius 3 is 1.50 bits per heavy atom. The van der Waals surface area contributed by atoms with Gasteiger partial charge >= 0.3 is 11.9 Å². The van der Waals surface area contributed by atoms with E-state index in [1.807, 2.05) is 48.5 Å². The summed E-state index contributed by atoms with van der Waals surface area (Å²) in [5, 5.41) is 20.3. The van der Waals surface area contributed by atoms with Crippen molar-refractivity contribution in [1.82, 2.24) is 0 Å². The van der Waals surface area contributed by atoms with E-state index >= 15 is 0 Å². The lowest BCUT2D eigenvalue weighted by atomic mass is 9.38. The average molecular weight is 320 g/mol. The smallest absolute Gasteiger partial charge is 0.311 e. The summed E-state index contributed by atoms with van der Waals surface area (Å²) < 4.78 is 0. The molecule has 3 aliphatic carbocycles. The molecule has 1 saturated carbocycles. The quantitative estimate of drug-likeness (QED) is 0.892. The van der Waals surface area contributed by atoms with Crippen LogP contribution in [0, 0.1) is 10.8 Å². The molecule has 2 aromatic rings. The topological polar surface area (TPSA) is 74.6 Å². The number of fused-ring (bicyclic) bond motifs is 8. The third-order valence-corrected chi connectivity index (χ3v) is 6.67. The molecule has 4 heteroatoms. The zero-order valence-electron chi connectivity index (χ0n) is 12.9. The highest BCUT2D eigenvalue weighted by Crippen LogP contribution is 2.80. The summed E-state index contributed by atoms with van der Waals surface area (Å²) >= 11 is 0. The second kappa shape index (κ2) is 4.07. The summed E-state index contributed by atoms with van der Waals surface area (Å²) in [6.45, 7) is 0. The molecule has 0 heterocycles. The molecule has 2 unspecified atom stereocenters. The van der Waals surface area contributed by atoms with Crippen LogP contribution in [0.3, 0.4) is 0 Å². The molecule has 0 bridgehead atoms. The highest BCUT2D eigenvalue weighted by Gasteiger charge is 2.83. The lowest BCUT2D eigenvalue weighted by molar-refractivity contribution is -0.200. The third-order valence-electron chi connectivity index (χ3n) is 6.67. The Morgan fingerprint density at radius 2 is 1.12 bits per heavy atom. The second-order valence-corrected chi connectivity index (χ2v) is 7.26. The van der Waals surface area contributed by atoms with Gasteiger partial charge in [0.2, 0.25) is 0 Å². The second-order valence-electron chi connectivity index (χ2n) is 7.26. The Labute approximate surface area is 138 Å². The molecule has 24 heavy (non-hydrogen) atoms. The molecule has 2 N–H and O–H groups in total. The summed E-state index contributed by atoms with van der Waals surface area (Å²) in [6.07, 6.45) is 0.611. The first-order chi connectivity index (χ1) is 11.5. The number of carbonyl (C=O) groups is 2. The minimum atomic E-state index is -1.24. The maximum atomic E-state index is 12.4. The number of hydrogen-bond acceptors (Lipinski definition) is 2. The van der Waals surface area contributed by atoms with Crippen molar-refractivity contribution in [3.8, 4) is 0 Å². The molecule has 0 aliphatic heterocycles. The third kappa shape index (κ3) is 1.18. The van der Waals surface area contributed by atoms with Crippen LogP contribution in [0.15, 0.2) is 48.5 Å². The minimum Gasteiger partial charge on any atom is -0.481 e. The van der Waals surface area contributed by atoms with Gasteiger partial charge in [-0.1, -0.05) is 48.5 Å². The van der Waals surface area contributed by atoms with Crippen molar-refractivity contribution >= 4 is 11.9 Å². The van der Waals surface area contributed by atoms with Gasteiger partial charge in [0.25, 0.3) is 0 Å². The molecule has 120 valence electrons. The number of benzene rings is 2. The van der Waals surface area contributed by atoms with Gasteiger partial charge < -0.3 is 10.2 Å². The van der Waals surface area contributed by atoms with E-state index in [2.05, 4.69) is 0 Å². The number of hydrogen-bond donors (Lipinski definition) is 2. The van der Waals surface area contributed by atoms with Crippen molar-refractivity contribution in [1.29, 1.82) is 0 Å². The molecule has 2 aromatic carbocycles. The number of rotatable bonds is 2. The van der Waals surface area contributed by atoms with Crippen LogP contribution >= 0.6 is 0 Å². The van der Waals surface area contributed by atoms with Gasteiger partial charge in [-0.15, -0.1) is 0 Å². The van der Waals surface area contributed by atoms with Crippen LogP contribution in [0.2, 0.25) is 0 Å². The molecular formula is C20H16O4. The maximum absolute atomic E-state index is 12.4. The van der Waals surface area contributed by atoms with Crippen LogP contribution in [0.1, 0.15) is 34.1 Å². The molecule has 1 fully saturated rings. The van der Waals surface area contributed by atoms with Crippen LogP contribution in [-0.2, 0) is 22.4 Å². The summed E-state index contributed by atoms with van der Waals surface area (Å²) in [5.41, 5.74) is 1.50. The van der Waals surface area contributed by atoms with Gasteiger partial charge in [0, 0.05) is 11.8 Å². The van der Waals surface area contributed by atoms with E-state index in [-0.39, 0.29) is 11.8 Å². The molecule has 4 atom stereocenters. The van der Waals surface area contributed by atoms with E-state index in [0.29, 0.717) is 12.8 Å². The van der Waals surface area contributed by atoms with Crippen molar-refractivity contribution in [3.63, 3.8) is 0 Å². The van der Waals surface area contributed by atoms with Crippen molar-refractivity contribution < 1.29 is 19.8 Å². The van der Waals surface area contributed by atoms with E-state index in [4.69, 9.17) is 0 Å². The molecular weight excluding hydrogens is 304 g/mol. The van der Waals surface area contributed by atoms with E-state index in [9.17, 15) is 19.8 Å². The Balaban J connectivity index is 1.82. The van der Waals surface area contributed by atoms with E-state index in [1.54, 1.807) is 0 Å². The summed E-state index contributed by atoms with van der Waals surface area (Å²) in [4.78, 5) is 24.8. The van der Waals surface area contributed by atoms with Crippen LogP contribution in [0.25, 0.3) is 0 Å². The van der Waals surface area contributed by atoms with Crippen LogP contribution in [0.4, 0.5) is 0 Å². The monoisotopic (exact) mass is 320 g/mol. The predicted octanol–water partition coefficient (Wildman–Crippen LogP) is 2.82. The lowest BCUT2D eigenvalue weighted by Crippen LogP contribution is -2.67. The molecule has 0 amide bonds. The fourth-order valence-electron chi connectivity index (χ4n) is 5.85. The first-order valence-electron chi connectivity index (χ1n) is 8.16. The molecule has 0 radical (unpaired) electrons. The van der Waals surface area contributed by atoms with Gasteiger partial charge in [0.15, 0.2) is 0 Å². The molecule has 4 nitrogen and oxygen atoms in total. The Morgan fingerprint density at radius 1 is 0.750 bits per heavy atom. The Kier molecular flexibility index (Phi) is 2.34. The number of carboxylic acids is 2. The molecule has 5 rings (SSSR count). The average Bonchev–Trinajstić information content (AvgIpc) is 3.02. The van der Waals surface area contributed by atoms with E-state index < -0.39 is 22.8 Å².